The summed E-state index contributed by atoms with van der Waals surface area (Å²) in [7, 11) is -3.85. The molecule has 0 saturated carbocycles. The van der Waals surface area contributed by atoms with Crippen LogP contribution in [-0.4, -0.2) is 55.1 Å². The second-order valence-electron chi connectivity index (χ2n) is 6.33. The highest BCUT2D eigenvalue weighted by Gasteiger charge is 2.38. The van der Waals surface area contributed by atoms with E-state index >= 15 is 0 Å². The van der Waals surface area contributed by atoms with E-state index < -0.39 is 27.6 Å². The van der Waals surface area contributed by atoms with E-state index in [0.717, 1.165) is 0 Å². The fourth-order valence-corrected chi connectivity index (χ4v) is 3.86. The highest BCUT2D eigenvalue weighted by molar-refractivity contribution is 7.87. The summed E-state index contributed by atoms with van der Waals surface area (Å²) >= 11 is 0. The molecule has 1 aliphatic rings. The van der Waals surface area contributed by atoms with Gasteiger partial charge in [-0.1, -0.05) is 20.8 Å². The van der Waals surface area contributed by atoms with E-state index in [1.165, 1.54) is 4.31 Å². The molecule has 0 aromatic heterocycles. The molecule has 3 unspecified atom stereocenters. The van der Waals surface area contributed by atoms with Gasteiger partial charge in [0.05, 0.1) is 12.2 Å². The standard InChI is InChI=1S/C12H24N2O5S/c1-8-6-14(7-9(2)19-8)20(17,18)13-10(11(15)16)12(3,4)5/h8-10,13H,6-7H2,1-5H3,(H,15,16). The van der Waals surface area contributed by atoms with Crippen molar-refractivity contribution in [2.75, 3.05) is 13.1 Å². The number of morpholine rings is 1. The van der Waals surface area contributed by atoms with Crippen LogP contribution in [0.1, 0.15) is 34.6 Å². The molecule has 0 aliphatic carbocycles. The Morgan fingerprint density at radius 1 is 1.30 bits per heavy atom. The Kier molecular flexibility index (Phi) is 5.18. The highest BCUT2D eigenvalue weighted by Crippen LogP contribution is 2.22. The molecule has 7 nitrogen and oxygen atoms in total. The number of carboxylic acids is 1. The van der Waals surface area contributed by atoms with Gasteiger partial charge >= 0.3 is 5.97 Å². The van der Waals surface area contributed by atoms with Crippen molar-refractivity contribution in [1.82, 2.24) is 9.03 Å². The Morgan fingerprint density at radius 2 is 1.75 bits per heavy atom. The van der Waals surface area contributed by atoms with Crippen molar-refractivity contribution in [2.45, 2.75) is 52.9 Å². The Balaban J connectivity index is 2.90. The van der Waals surface area contributed by atoms with Crippen LogP contribution in [0.3, 0.4) is 0 Å². The van der Waals surface area contributed by atoms with Crippen LogP contribution in [0.5, 0.6) is 0 Å². The maximum atomic E-state index is 12.3. The van der Waals surface area contributed by atoms with E-state index in [2.05, 4.69) is 4.72 Å². The lowest BCUT2D eigenvalue weighted by atomic mass is 9.88. The first kappa shape index (κ1) is 17.4. The Morgan fingerprint density at radius 3 is 2.10 bits per heavy atom. The smallest absolute Gasteiger partial charge is 0.322 e. The number of rotatable bonds is 4. The summed E-state index contributed by atoms with van der Waals surface area (Å²) in [6.45, 7) is 9.05. The normalized spacial score (nSPS) is 27.2. The average Bonchev–Trinajstić information content (AvgIpc) is 2.22. The van der Waals surface area contributed by atoms with Gasteiger partial charge in [0.25, 0.3) is 10.2 Å². The predicted octanol–water partition coefficient (Wildman–Crippen LogP) is 0.429. The summed E-state index contributed by atoms with van der Waals surface area (Å²) in [4.78, 5) is 11.3. The van der Waals surface area contributed by atoms with Crippen molar-refractivity contribution < 1.29 is 23.1 Å². The zero-order valence-corrected chi connectivity index (χ0v) is 13.4. The third-order valence-electron chi connectivity index (χ3n) is 3.11. The van der Waals surface area contributed by atoms with Crippen molar-refractivity contribution in [3.63, 3.8) is 0 Å². The number of hydrogen-bond acceptors (Lipinski definition) is 4. The molecule has 8 heteroatoms. The molecule has 0 aromatic rings. The zero-order valence-electron chi connectivity index (χ0n) is 12.6. The van der Waals surface area contributed by atoms with E-state index in [-0.39, 0.29) is 25.3 Å². The Labute approximate surface area is 120 Å². The number of nitrogens with one attached hydrogen (secondary N) is 1. The molecule has 1 saturated heterocycles. The van der Waals surface area contributed by atoms with Gasteiger partial charge in [-0.15, -0.1) is 0 Å². The molecule has 3 atom stereocenters. The average molecular weight is 308 g/mol. The maximum absolute atomic E-state index is 12.3. The molecule has 1 fully saturated rings. The molecule has 2 N–H and O–H groups in total. The van der Waals surface area contributed by atoms with E-state index in [9.17, 15) is 18.3 Å². The lowest BCUT2D eigenvalue weighted by Crippen LogP contribution is -2.57. The lowest BCUT2D eigenvalue weighted by molar-refractivity contribution is -0.141. The number of carboxylic acid groups (broad SMARTS) is 1. The van der Waals surface area contributed by atoms with Crippen molar-refractivity contribution >= 4 is 16.2 Å². The molecule has 0 bridgehead atoms. The molecule has 1 rings (SSSR count). The van der Waals surface area contributed by atoms with E-state index in [0.29, 0.717) is 0 Å². The SMILES string of the molecule is CC1CN(S(=O)(=O)NC(C(=O)O)C(C)(C)C)CC(C)O1. The number of aliphatic carboxylic acids is 1. The molecule has 20 heavy (non-hydrogen) atoms. The Hall–Kier alpha value is -0.700. The molecule has 1 aliphatic heterocycles. The van der Waals surface area contributed by atoms with Gasteiger partial charge < -0.3 is 9.84 Å². The number of hydrogen-bond donors (Lipinski definition) is 2. The lowest BCUT2D eigenvalue weighted by Gasteiger charge is -2.36. The van der Waals surface area contributed by atoms with Crippen LogP contribution in [0, 0.1) is 5.41 Å². The first-order chi connectivity index (χ1) is 8.93. The molecule has 0 aromatic carbocycles. The van der Waals surface area contributed by atoms with Gasteiger partial charge in [0.15, 0.2) is 0 Å². The van der Waals surface area contributed by atoms with Crippen LogP contribution >= 0.6 is 0 Å². The largest absolute Gasteiger partial charge is 0.480 e. The van der Waals surface area contributed by atoms with Crippen LogP contribution in [0.4, 0.5) is 0 Å². The summed E-state index contributed by atoms with van der Waals surface area (Å²) in [5.41, 5.74) is -0.720. The fourth-order valence-electron chi connectivity index (χ4n) is 2.15. The van der Waals surface area contributed by atoms with Gasteiger partial charge in [-0.05, 0) is 19.3 Å². The van der Waals surface area contributed by atoms with Crippen molar-refractivity contribution in [3.8, 4) is 0 Å². The minimum atomic E-state index is -3.85. The molecule has 1 heterocycles. The molecular formula is C12H24N2O5S. The molecule has 0 amide bonds. The second kappa shape index (κ2) is 5.97. The zero-order chi connectivity index (χ0) is 15.7. The minimum Gasteiger partial charge on any atom is -0.480 e. The second-order valence-corrected chi connectivity index (χ2v) is 8.04. The van der Waals surface area contributed by atoms with Crippen molar-refractivity contribution in [3.05, 3.63) is 0 Å². The van der Waals surface area contributed by atoms with Gasteiger partial charge in [0.2, 0.25) is 0 Å². The third kappa shape index (κ3) is 4.41. The van der Waals surface area contributed by atoms with Crippen LogP contribution in [0.25, 0.3) is 0 Å². The van der Waals surface area contributed by atoms with Gasteiger partial charge in [-0.25, -0.2) is 0 Å². The minimum absolute atomic E-state index is 0.215. The number of ether oxygens (including phenoxy) is 1. The van der Waals surface area contributed by atoms with E-state index in [1.807, 2.05) is 0 Å². The quantitative estimate of drug-likeness (QED) is 0.785. The van der Waals surface area contributed by atoms with Crippen LogP contribution in [-0.2, 0) is 19.7 Å². The van der Waals surface area contributed by atoms with Gasteiger partial charge in [0.1, 0.15) is 6.04 Å². The molecule has 0 radical (unpaired) electrons. The van der Waals surface area contributed by atoms with Crippen LogP contribution in [0.15, 0.2) is 0 Å². The number of carbonyl (C=O) groups is 1. The summed E-state index contributed by atoms with van der Waals surface area (Å²) < 4.78 is 33.7. The summed E-state index contributed by atoms with van der Waals surface area (Å²) in [6, 6.07) is -1.18. The summed E-state index contributed by atoms with van der Waals surface area (Å²) in [6.07, 6.45) is -0.429. The van der Waals surface area contributed by atoms with Crippen molar-refractivity contribution in [2.24, 2.45) is 5.41 Å². The fraction of sp³-hybridized carbons (Fsp3) is 0.917. The monoisotopic (exact) mass is 308 g/mol. The molecule has 118 valence electrons. The third-order valence-corrected chi connectivity index (χ3v) is 4.62. The summed E-state index contributed by atoms with van der Waals surface area (Å²) in [5, 5.41) is 9.20. The van der Waals surface area contributed by atoms with E-state index in [1.54, 1.807) is 34.6 Å². The first-order valence-electron chi connectivity index (χ1n) is 6.59. The van der Waals surface area contributed by atoms with Gasteiger partial charge in [0, 0.05) is 13.1 Å². The molecular weight excluding hydrogens is 284 g/mol. The van der Waals surface area contributed by atoms with Crippen molar-refractivity contribution in [1.29, 1.82) is 0 Å². The van der Waals surface area contributed by atoms with Crippen LogP contribution < -0.4 is 4.72 Å². The van der Waals surface area contributed by atoms with E-state index in [4.69, 9.17) is 4.74 Å². The highest BCUT2D eigenvalue weighted by atomic mass is 32.2. The topological polar surface area (TPSA) is 95.9 Å². The van der Waals surface area contributed by atoms with Gasteiger partial charge in [-0.3, -0.25) is 4.79 Å². The van der Waals surface area contributed by atoms with Crippen LogP contribution in [0.2, 0.25) is 0 Å². The Bertz CT molecular complexity index is 447. The number of nitrogens with zero attached hydrogens (tertiary/aromatic N) is 1. The summed E-state index contributed by atoms with van der Waals surface area (Å²) in [5.74, 6) is -1.18. The predicted molar refractivity (Wildman–Crippen MR) is 74.5 cm³/mol. The molecule has 0 spiro atoms. The maximum Gasteiger partial charge on any atom is 0.322 e. The van der Waals surface area contributed by atoms with Gasteiger partial charge in [-0.2, -0.15) is 17.4 Å². The first-order valence-corrected chi connectivity index (χ1v) is 8.03.